The lowest BCUT2D eigenvalue weighted by atomic mass is 10.1. The van der Waals surface area contributed by atoms with Crippen LogP contribution in [-0.2, 0) is 6.54 Å². The molecule has 0 radical (unpaired) electrons. The second-order valence-corrected chi connectivity index (χ2v) is 6.96. The van der Waals surface area contributed by atoms with Crippen molar-refractivity contribution >= 4 is 22.5 Å². The average molecular weight is 374 g/mol. The van der Waals surface area contributed by atoms with E-state index in [1.165, 1.54) is 0 Å². The molecular weight excluding hydrogens is 352 g/mol. The molecule has 4 aromatic rings. The van der Waals surface area contributed by atoms with Crippen molar-refractivity contribution in [2.75, 3.05) is 26.0 Å². The van der Waals surface area contributed by atoms with E-state index in [4.69, 9.17) is 0 Å². The number of nitrogens with one attached hydrogen (secondary N) is 1. The number of carbonyl (C=O) groups is 1. The number of carbonyl (C=O) groups excluding carboxylic acids is 1. The zero-order valence-electron chi connectivity index (χ0n) is 15.9. The molecule has 28 heavy (non-hydrogen) atoms. The SMILES string of the molecule is CN(C)CCn1ccc2ccc(NC(=O)c3ccc(-n4cnnc4)cc3)cc21. The Hall–Kier alpha value is -3.45. The molecule has 0 saturated heterocycles. The number of hydrogen-bond acceptors (Lipinski definition) is 4. The van der Waals surface area contributed by atoms with Crippen LogP contribution in [0.1, 0.15) is 10.4 Å². The van der Waals surface area contributed by atoms with Gasteiger partial charge in [-0.05, 0) is 61.9 Å². The quantitative estimate of drug-likeness (QED) is 0.563. The van der Waals surface area contributed by atoms with Crippen LogP contribution in [0, 0.1) is 0 Å². The summed E-state index contributed by atoms with van der Waals surface area (Å²) in [5, 5.41) is 11.7. The van der Waals surface area contributed by atoms with Gasteiger partial charge in [0.25, 0.3) is 5.91 Å². The van der Waals surface area contributed by atoms with Crippen LogP contribution in [0.15, 0.2) is 67.4 Å². The van der Waals surface area contributed by atoms with Crippen LogP contribution in [-0.4, -0.2) is 50.8 Å². The molecule has 0 bridgehead atoms. The lowest BCUT2D eigenvalue weighted by molar-refractivity contribution is 0.102. The number of hydrogen-bond donors (Lipinski definition) is 1. The molecule has 7 heteroatoms. The molecule has 0 fully saturated rings. The standard InChI is InChI=1S/C21H22N6O/c1-25(2)11-12-26-10-9-16-3-6-18(13-20(16)26)24-21(28)17-4-7-19(8-5-17)27-14-22-23-15-27/h3-10,13-15H,11-12H2,1-2H3,(H,24,28). The molecule has 2 heterocycles. The van der Waals surface area contributed by atoms with Gasteiger partial charge in [-0.25, -0.2) is 0 Å². The highest BCUT2D eigenvalue weighted by Crippen LogP contribution is 2.21. The number of amides is 1. The van der Waals surface area contributed by atoms with Gasteiger partial charge in [0.05, 0.1) is 5.52 Å². The zero-order chi connectivity index (χ0) is 19.5. The number of rotatable bonds is 6. The third kappa shape index (κ3) is 3.79. The van der Waals surface area contributed by atoms with Crippen molar-refractivity contribution in [3.63, 3.8) is 0 Å². The Balaban J connectivity index is 1.50. The highest BCUT2D eigenvalue weighted by molar-refractivity contribution is 6.05. The van der Waals surface area contributed by atoms with Crippen LogP contribution in [0.25, 0.3) is 16.6 Å². The first-order chi connectivity index (χ1) is 13.6. The molecule has 0 spiro atoms. The third-order valence-electron chi connectivity index (χ3n) is 4.67. The maximum atomic E-state index is 12.6. The van der Waals surface area contributed by atoms with Crippen molar-refractivity contribution in [1.82, 2.24) is 24.2 Å². The van der Waals surface area contributed by atoms with E-state index in [1.54, 1.807) is 29.4 Å². The minimum Gasteiger partial charge on any atom is -0.346 e. The van der Waals surface area contributed by atoms with Gasteiger partial charge in [0, 0.05) is 36.2 Å². The van der Waals surface area contributed by atoms with Crippen molar-refractivity contribution in [3.8, 4) is 5.69 Å². The topological polar surface area (TPSA) is 68.0 Å². The van der Waals surface area contributed by atoms with E-state index >= 15 is 0 Å². The number of fused-ring (bicyclic) bond motifs is 1. The van der Waals surface area contributed by atoms with Gasteiger partial charge in [0.2, 0.25) is 0 Å². The van der Waals surface area contributed by atoms with E-state index in [9.17, 15) is 4.79 Å². The highest BCUT2D eigenvalue weighted by Gasteiger charge is 2.09. The van der Waals surface area contributed by atoms with Gasteiger partial charge >= 0.3 is 0 Å². The summed E-state index contributed by atoms with van der Waals surface area (Å²) in [5.41, 5.74) is 3.40. The van der Waals surface area contributed by atoms with E-state index < -0.39 is 0 Å². The molecule has 4 rings (SSSR count). The van der Waals surface area contributed by atoms with Gasteiger partial charge in [-0.15, -0.1) is 10.2 Å². The summed E-state index contributed by atoms with van der Waals surface area (Å²) < 4.78 is 4.00. The second-order valence-electron chi connectivity index (χ2n) is 6.96. The van der Waals surface area contributed by atoms with E-state index in [0.29, 0.717) is 5.56 Å². The maximum absolute atomic E-state index is 12.6. The van der Waals surface area contributed by atoms with Gasteiger partial charge in [0.1, 0.15) is 12.7 Å². The molecule has 7 nitrogen and oxygen atoms in total. The fourth-order valence-corrected chi connectivity index (χ4v) is 3.09. The van der Waals surface area contributed by atoms with Gasteiger partial charge in [-0.2, -0.15) is 0 Å². The van der Waals surface area contributed by atoms with Crippen molar-refractivity contribution in [1.29, 1.82) is 0 Å². The number of likely N-dealkylation sites (N-methyl/N-ethyl adjacent to an activating group) is 1. The van der Waals surface area contributed by atoms with Gasteiger partial charge in [0.15, 0.2) is 0 Å². The molecular formula is C21H22N6O. The number of benzene rings is 2. The van der Waals surface area contributed by atoms with E-state index in [1.807, 2.05) is 30.3 Å². The molecule has 2 aromatic carbocycles. The van der Waals surface area contributed by atoms with Gasteiger partial charge < -0.3 is 14.8 Å². The summed E-state index contributed by atoms with van der Waals surface area (Å²) in [6.07, 6.45) is 5.33. The predicted molar refractivity (Wildman–Crippen MR) is 110 cm³/mol. The van der Waals surface area contributed by atoms with E-state index in [2.05, 4.69) is 51.3 Å². The van der Waals surface area contributed by atoms with Crippen LogP contribution in [0.5, 0.6) is 0 Å². The van der Waals surface area contributed by atoms with Crippen LogP contribution >= 0.6 is 0 Å². The third-order valence-corrected chi connectivity index (χ3v) is 4.67. The monoisotopic (exact) mass is 374 g/mol. The Bertz CT molecular complexity index is 1080. The molecule has 142 valence electrons. The van der Waals surface area contributed by atoms with Crippen molar-refractivity contribution in [2.45, 2.75) is 6.54 Å². The lowest BCUT2D eigenvalue weighted by Crippen LogP contribution is -2.18. The molecule has 0 aliphatic carbocycles. The Labute approximate surface area is 163 Å². The molecule has 2 aromatic heterocycles. The van der Waals surface area contributed by atoms with Crippen LogP contribution in [0.2, 0.25) is 0 Å². The minimum atomic E-state index is -0.138. The summed E-state index contributed by atoms with van der Waals surface area (Å²) in [6.45, 7) is 1.86. The van der Waals surface area contributed by atoms with Gasteiger partial charge in [-0.1, -0.05) is 6.07 Å². The van der Waals surface area contributed by atoms with Crippen molar-refractivity contribution in [2.24, 2.45) is 0 Å². The zero-order valence-corrected chi connectivity index (χ0v) is 15.9. The normalized spacial score (nSPS) is 11.2. The first-order valence-electron chi connectivity index (χ1n) is 9.10. The first kappa shape index (κ1) is 17.9. The Morgan fingerprint density at radius 2 is 1.79 bits per heavy atom. The summed E-state index contributed by atoms with van der Waals surface area (Å²) in [7, 11) is 4.12. The predicted octanol–water partition coefficient (Wildman–Crippen LogP) is 3.04. The van der Waals surface area contributed by atoms with E-state index in [-0.39, 0.29) is 5.91 Å². The molecule has 1 N–H and O–H groups in total. The fraction of sp³-hybridized carbons (Fsp3) is 0.190. The lowest BCUT2D eigenvalue weighted by Gasteiger charge is -2.12. The Morgan fingerprint density at radius 1 is 1.04 bits per heavy atom. The maximum Gasteiger partial charge on any atom is 0.255 e. The molecule has 0 aliphatic heterocycles. The Kier molecular flexibility index (Phi) is 4.90. The molecule has 0 atom stereocenters. The molecule has 0 saturated carbocycles. The largest absolute Gasteiger partial charge is 0.346 e. The van der Waals surface area contributed by atoms with Gasteiger partial charge in [-0.3, -0.25) is 9.36 Å². The van der Waals surface area contributed by atoms with E-state index in [0.717, 1.165) is 35.4 Å². The summed E-state index contributed by atoms with van der Waals surface area (Å²) in [6, 6.07) is 15.4. The average Bonchev–Trinajstić information content (AvgIpc) is 3.36. The number of anilines is 1. The molecule has 0 unspecified atom stereocenters. The summed E-state index contributed by atoms with van der Waals surface area (Å²) >= 11 is 0. The minimum absolute atomic E-state index is 0.138. The summed E-state index contributed by atoms with van der Waals surface area (Å²) in [4.78, 5) is 14.8. The summed E-state index contributed by atoms with van der Waals surface area (Å²) in [5.74, 6) is -0.138. The fourth-order valence-electron chi connectivity index (χ4n) is 3.09. The number of aromatic nitrogens is 4. The number of nitrogens with zero attached hydrogens (tertiary/aromatic N) is 5. The molecule has 1 amide bonds. The van der Waals surface area contributed by atoms with Crippen molar-refractivity contribution < 1.29 is 4.79 Å². The van der Waals surface area contributed by atoms with Crippen LogP contribution < -0.4 is 5.32 Å². The second kappa shape index (κ2) is 7.66. The molecule has 0 aliphatic rings. The first-order valence-corrected chi connectivity index (χ1v) is 9.10. The highest BCUT2D eigenvalue weighted by atomic mass is 16.1. The van der Waals surface area contributed by atoms with Crippen LogP contribution in [0.4, 0.5) is 5.69 Å². The Morgan fingerprint density at radius 3 is 2.50 bits per heavy atom. The smallest absolute Gasteiger partial charge is 0.255 e. The van der Waals surface area contributed by atoms with Crippen molar-refractivity contribution in [3.05, 3.63) is 72.9 Å². The van der Waals surface area contributed by atoms with Crippen LogP contribution in [0.3, 0.4) is 0 Å².